The van der Waals surface area contributed by atoms with Crippen LogP contribution in [0.1, 0.15) is 31.4 Å². The number of anilines is 2. The first-order valence-corrected chi connectivity index (χ1v) is 13.7. The van der Waals surface area contributed by atoms with E-state index in [2.05, 4.69) is 10.2 Å². The van der Waals surface area contributed by atoms with Gasteiger partial charge in [0.1, 0.15) is 16.3 Å². The molecule has 1 aromatic heterocycles. The molecule has 3 fully saturated rings. The Labute approximate surface area is 209 Å². The summed E-state index contributed by atoms with van der Waals surface area (Å²) in [4.78, 5) is 37.0. The van der Waals surface area contributed by atoms with Crippen LogP contribution in [0.25, 0.3) is 11.4 Å². The van der Waals surface area contributed by atoms with Crippen molar-refractivity contribution in [1.29, 1.82) is 0 Å². The van der Waals surface area contributed by atoms with E-state index in [1.807, 2.05) is 12.1 Å². The van der Waals surface area contributed by atoms with Gasteiger partial charge in [-0.25, -0.2) is 23.2 Å². The average molecular weight is 515 g/mol. The van der Waals surface area contributed by atoms with E-state index in [1.165, 1.54) is 7.05 Å². The third kappa shape index (κ3) is 4.62. The molecule has 11 nitrogen and oxygen atoms in total. The van der Waals surface area contributed by atoms with E-state index in [1.54, 1.807) is 23.1 Å². The van der Waals surface area contributed by atoms with Gasteiger partial charge in [0.05, 0.1) is 18.9 Å². The molecule has 0 unspecified atom stereocenters. The lowest BCUT2D eigenvalue weighted by atomic mass is 10.1. The molecule has 1 saturated heterocycles. The molecule has 1 aromatic carbocycles. The number of carbonyl (C=O) groups excluding carboxylic acids is 2. The normalized spacial score (nSPS) is 19.0. The Bertz CT molecular complexity index is 1270. The molecule has 12 heteroatoms. The van der Waals surface area contributed by atoms with Crippen molar-refractivity contribution in [2.24, 2.45) is 5.73 Å². The van der Waals surface area contributed by atoms with Crippen LogP contribution >= 0.6 is 0 Å². The van der Waals surface area contributed by atoms with E-state index < -0.39 is 32.3 Å². The molecule has 2 aromatic rings. The number of aromatic nitrogens is 2. The Hall–Kier alpha value is -3.25. The van der Waals surface area contributed by atoms with Crippen LogP contribution < -0.4 is 20.9 Å². The number of nitrogens with one attached hydrogen (secondary N) is 1. The molecular weight excluding hydrogens is 484 g/mol. The summed E-state index contributed by atoms with van der Waals surface area (Å²) >= 11 is 0. The number of hydrogen-bond acceptors (Lipinski definition) is 8. The van der Waals surface area contributed by atoms with Crippen molar-refractivity contribution in [3.05, 3.63) is 36.0 Å². The van der Waals surface area contributed by atoms with Crippen LogP contribution in [0.5, 0.6) is 0 Å². The van der Waals surface area contributed by atoms with Gasteiger partial charge in [0.25, 0.3) is 0 Å². The maximum atomic E-state index is 13.3. The largest absolute Gasteiger partial charge is 0.378 e. The SMILES string of the molecule is CNC(=O)CS(=O)(=O)C1(c2cc(N3CCOCC3)nc(-c3ccc(N(C(N)=O)C4CC4)cc3)n2)CC1. The first-order chi connectivity index (χ1) is 17.2. The Kier molecular flexibility index (Phi) is 6.33. The maximum absolute atomic E-state index is 13.3. The minimum atomic E-state index is -3.79. The van der Waals surface area contributed by atoms with Crippen LogP contribution in [0, 0.1) is 0 Å². The van der Waals surface area contributed by atoms with Crippen LogP contribution in [0.15, 0.2) is 30.3 Å². The number of sulfone groups is 1. The topological polar surface area (TPSA) is 148 Å². The standard InChI is InChI=1S/C24H30N6O5S/c1-26-21(31)15-36(33,34)24(8-9-24)19-14-20(29-10-12-35-13-11-29)28-22(27-19)16-2-4-17(5-3-16)30(23(25)32)18-6-7-18/h2-5,14,18H,6-13,15H2,1H3,(H2,25,32)(H,26,31). The smallest absolute Gasteiger partial charge is 0.319 e. The molecule has 0 atom stereocenters. The van der Waals surface area contributed by atoms with E-state index >= 15 is 0 Å². The van der Waals surface area contributed by atoms with Gasteiger partial charge in [-0.2, -0.15) is 0 Å². The number of ether oxygens (including phenoxy) is 1. The minimum Gasteiger partial charge on any atom is -0.378 e. The summed E-state index contributed by atoms with van der Waals surface area (Å²) in [6, 6.07) is 8.61. The van der Waals surface area contributed by atoms with Crippen LogP contribution in [0.3, 0.4) is 0 Å². The molecule has 3 aliphatic rings. The van der Waals surface area contributed by atoms with Gasteiger partial charge in [-0.1, -0.05) is 0 Å². The predicted octanol–water partition coefficient (Wildman–Crippen LogP) is 1.18. The molecule has 0 bridgehead atoms. The number of carbonyl (C=O) groups is 2. The third-order valence-corrected chi connectivity index (χ3v) is 9.42. The highest BCUT2D eigenvalue weighted by atomic mass is 32.2. The fraction of sp³-hybridized carbons (Fsp3) is 0.500. The lowest BCUT2D eigenvalue weighted by Gasteiger charge is -2.29. The van der Waals surface area contributed by atoms with Crippen molar-refractivity contribution in [1.82, 2.24) is 15.3 Å². The monoisotopic (exact) mass is 514 g/mol. The van der Waals surface area contributed by atoms with Crippen molar-refractivity contribution in [2.45, 2.75) is 36.5 Å². The van der Waals surface area contributed by atoms with E-state index in [4.69, 9.17) is 20.4 Å². The lowest BCUT2D eigenvalue weighted by Crippen LogP contribution is -2.37. The summed E-state index contributed by atoms with van der Waals surface area (Å²) in [5, 5.41) is 2.40. The number of primary amides is 1. The quantitative estimate of drug-likeness (QED) is 0.534. The Morgan fingerprint density at radius 2 is 1.83 bits per heavy atom. The van der Waals surface area contributed by atoms with Crippen molar-refractivity contribution in [2.75, 3.05) is 48.9 Å². The number of nitrogens with zero attached hydrogens (tertiary/aromatic N) is 4. The number of urea groups is 1. The molecule has 0 radical (unpaired) electrons. The number of amides is 3. The first-order valence-electron chi connectivity index (χ1n) is 12.1. The van der Waals surface area contributed by atoms with Gasteiger partial charge in [0.15, 0.2) is 15.7 Å². The molecule has 3 N–H and O–H groups in total. The summed E-state index contributed by atoms with van der Waals surface area (Å²) in [5.41, 5.74) is 7.37. The van der Waals surface area contributed by atoms with Gasteiger partial charge < -0.3 is 20.7 Å². The molecule has 2 heterocycles. The van der Waals surface area contributed by atoms with Gasteiger partial charge >= 0.3 is 6.03 Å². The van der Waals surface area contributed by atoms with E-state index in [0.717, 1.165) is 12.8 Å². The number of rotatable bonds is 8. The van der Waals surface area contributed by atoms with Crippen LogP contribution in [0.2, 0.25) is 0 Å². The van der Waals surface area contributed by atoms with Crippen molar-refractivity contribution in [3.63, 3.8) is 0 Å². The maximum Gasteiger partial charge on any atom is 0.319 e. The van der Waals surface area contributed by atoms with Crippen molar-refractivity contribution in [3.8, 4) is 11.4 Å². The Morgan fingerprint density at radius 3 is 2.39 bits per heavy atom. The van der Waals surface area contributed by atoms with E-state index in [9.17, 15) is 18.0 Å². The second-order valence-corrected chi connectivity index (χ2v) is 11.7. The molecule has 192 valence electrons. The van der Waals surface area contributed by atoms with Crippen LogP contribution in [0.4, 0.5) is 16.3 Å². The molecule has 2 saturated carbocycles. The zero-order chi connectivity index (χ0) is 25.5. The molecule has 2 aliphatic carbocycles. The molecule has 1 aliphatic heterocycles. The molecule has 5 rings (SSSR count). The van der Waals surface area contributed by atoms with E-state index in [0.29, 0.717) is 67.7 Å². The second-order valence-electron chi connectivity index (χ2n) is 9.45. The van der Waals surface area contributed by atoms with Gasteiger partial charge in [0.2, 0.25) is 5.91 Å². The summed E-state index contributed by atoms with van der Waals surface area (Å²) < 4.78 is 30.8. The van der Waals surface area contributed by atoms with Crippen LogP contribution in [-0.2, 0) is 24.1 Å². The fourth-order valence-corrected chi connectivity index (χ4v) is 6.51. The molecule has 3 amide bonds. The molecular formula is C24H30N6O5S. The van der Waals surface area contributed by atoms with Gasteiger partial charge in [0, 0.05) is 43.5 Å². The Morgan fingerprint density at radius 1 is 1.17 bits per heavy atom. The number of nitrogens with two attached hydrogens (primary N) is 1. The van der Waals surface area contributed by atoms with Gasteiger partial charge in [-0.3, -0.25) is 9.69 Å². The van der Waals surface area contributed by atoms with Crippen molar-refractivity contribution < 1.29 is 22.7 Å². The summed E-state index contributed by atoms with van der Waals surface area (Å²) in [5.74, 6) is -0.122. The lowest BCUT2D eigenvalue weighted by molar-refractivity contribution is -0.118. The highest BCUT2D eigenvalue weighted by Crippen LogP contribution is 2.53. The van der Waals surface area contributed by atoms with Gasteiger partial charge in [-0.15, -0.1) is 0 Å². The van der Waals surface area contributed by atoms with Crippen molar-refractivity contribution >= 4 is 33.3 Å². The van der Waals surface area contributed by atoms with Gasteiger partial charge in [-0.05, 0) is 49.9 Å². The zero-order valence-electron chi connectivity index (χ0n) is 20.1. The zero-order valence-corrected chi connectivity index (χ0v) is 21.0. The first kappa shape index (κ1) is 24.4. The number of morpholine rings is 1. The van der Waals surface area contributed by atoms with E-state index in [-0.39, 0.29) is 6.04 Å². The third-order valence-electron chi connectivity index (χ3n) is 6.97. The predicted molar refractivity (Wildman–Crippen MR) is 134 cm³/mol. The highest BCUT2D eigenvalue weighted by molar-refractivity contribution is 7.93. The highest BCUT2D eigenvalue weighted by Gasteiger charge is 2.57. The minimum absolute atomic E-state index is 0.126. The summed E-state index contributed by atoms with van der Waals surface area (Å²) in [7, 11) is -2.37. The average Bonchev–Trinajstić information content (AvgIpc) is 3.79. The molecule has 36 heavy (non-hydrogen) atoms. The van der Waals surface area contributed by atoms with Crippen LogP contribution in [-0.4, -0.2) is 75.5 Å². The second kappa shape index (κ2) is 9.32. The summed E-state index contributed by atoms with van der Waals surface area (Å²) in [6.45, 7) is 2.35. The Balaban J connectivity index is 1.53. The number of hydrogen-bond donors (Lipinski definition) is 2. The molecule has 0 spiro atoms. The summed E-state index contributed by atoms with van der Waals surface area (Å²) in [6.07, 6.45) is 2.65. The number of benzene rings is 1. The fourth-order valence-electron chi connectivity index (χ4n) is 4.60.